The molecular formula is C17H19ClN2OS. The van der Waals surface area contributed by atoms with Gasteiger partial charge in [0.1, 0.15) is 18.2 Å². The van der Waals surface area contributed by atoms with Crippen LogP contribution in [0.4, 0.5) is 0 Å². The first-order valence-corrected chi connectivity index (χ1v) is 7.73. The van der Waals surface area contributed by atoms with Gasteiger partial charge in [-0.1, -0.05) is 43.3 Å². The van der Waals surface area contributed by atoms with Crippen LogP contribution in [0.15, 0.2) is 48.2 Å². The number of nitrogens with one attached hydrogen (secondary N) is 1. The van der Waals surface area contributed by atoms with E-state index in [9.17, 15) is 5.26 Å². The maximum atomic E-state index is 9.30. The topological polar surface area (TPSA) is 45.0 Å². The van der Waals surface area contributed by atoms with E-state index < -0.39 is 0 Å². The van der Waals surface area contributed by atoms with Gasteiger partial charge >= 0.3 is 0 Å². The molecule has 22 heavy (non-hydrogen) atoms. The summed E-state index contributed by atoms with van der Waals surface area (Å²) in [5.74, 6) is 0. The van der Waals surface area contributed by atoms with Gasteiger partial charge in [-0.05, 0) is 43.3 Å². The molecule has 0 aliphatic heterocycles. The van der Waals surface area contributed by atoms with Crippen LogP contribution in [0.3, 0.4) is 0 Å². The number of thiocarbonyl (C=S) groups is 1. The smallest absolute Gasteiger partial charge is 0.204 e. The fourth-order valence-electron chi connectivity index (χ4n) is 1.94. The molecule has 0 bridgehead atoms. The first-order valence-electron chi connectivity index (χ1n) is 6.94. The molecule has 0 amide bonds. The van der Waals surface area contributed by atoms with Crippen molar-refractivity contribution in [3.8, 4) is 6.07 Å². The van der Waals surface area contributed by atoms with Crippen molar-refractivity contribution in [2.24, 2.45) is 0 Å². The Morgan fingerprint density at radius 3 is 2.64 bits per heavy atom. The third-order valence-electron chi connectivity index (χ3n) is 3.09. The van der Waals surface area contributed by atoms with Crippen LogP contribution in [-0.4, -0.2) is 11.7 Å². The molecule has 0 fully saturated rings. The van der Waals surface area contributed by atoms with Gasteiger partial charge in [-0.15, -0.1) is 0 Å². The molecule has 0 spiro atoms. The fourth-order valence-corrected chi connectivity index (χ4v) is 2.33. The Bertz CT molecular complexity index is 602. The van der Waals surface area contributed by atoms with Crippen molar-refractivity contribution < 1.29 is 4.74 Å². The molecule has 3 nitrogen and oxygen atoms in total. The van der Waals surface area contributed by atoms with E-state index in [4.69, 9.17) is 28.6 Å². The van der Waals surface area contributed by atoms with Crippen molar-refractivity contribution in [2.75, 3.05) is 6.61 Å². The molecule has 1 aromatic rings. The summed E-state index contributed by atoms with van der Waals surface area (Å²) in [4.78, 5) is 0. The molecule has 0 aromatic heterocycles. The number of rotatable bonds is 7. The number of halogens is 1. The van der Waals surface area contributed by atoms with Crippen molar-refractivity contribution in [3.05, 3.63) is 58.8 Å². The SMILES string of the molecule is C=CCOC(=S)C(C#N)=C(C)NC(CC)c1ccc(Cl)cc1. The molecule has 1 rings (SSSR count). The number of benzene rings is 1. The highest BCUT2D eigenvalue weighted by Crippen LogP contribution is 2.21. The van der Waals surface area contributed by atoms with Crippen LogP contribution >= 0.6 is 23.8 Å². The number of ether oxygens (including phenoxy) is 1. The summed E-state index contributed by atoms with van der Waals surface area (Å²) in [6, 6.07) is 9.80. The molecule has 1 atom stereocenters. The monoisotopic (exact) mass is 334 g/mol. The van der Waals surface area contributed by atoms with E-state index in [0.717, 1.165) is 12.0 Å². The summed E-state index contributed by atoms with van der Waals surface area (Å²) in [5, 5.41) is 13.5. The normalized spacial score (nSPS) is 12.6. The molecule has 116 valence electrons. The molecular weight excluding hydrogens is 316 g/mol. The lowest BCUT2D eigenvalue weighted by molar-refractivity contribution is 0.361. The highest BCUT2D eigenvalue weighted by atomic mass is 35.5. The minimum Gasteiger partial charge on any atom is -0.478 e. The number of nitrogens with zero attached hydrogens (tertiary/aromatic N) is 1. The van der Waals surface area contributed by atoms with Gasteiger partial charge in [-0.3, -0.25) is 0 Å². The first-order chi connectivity index (χ1) is 10.5. The van der Waals surface area contributed by atoms with Crippen LogP contribution in [0.25, 0.3) is 0 Å². The van der Waals surface area contributed by atoms with Gasteiger partial charge in [0, 0.05) is 10.7 Å². The van der Waals surface area contributed by atoms with Crippen molar-refractivity contribution in [2.45, 2.75) is 26.3 Å². The minimum atomic E-state index is 0.0721. The van der Waals surface area contributed by atoms with E-state index >= 15 is 0 Å². The second kappa shape index (κ2) is 9.24. The van der Waals surface area contributed by atoms with Crippen LogP contribution in [0, 0.1) is 11.3 Å². The van der Waals surface area contributed by atoms with Gasteiger partial charge < -0.3 is 10.1 Å². The summed E-state index contributed by atoms with van der Waals surface area (Å²) < 4.78 is 5.28. The van der Waals surface area contributed by atoms with Crippen LogP contribution < -0.4 is 5.32 Å². The van der Waals surface area contributed by atoms with Crippen LogP contribution in [0.5, 0.6) is 0 Å². The average molecular weight is 335 g/mol. The molecule has 1 aromatic carbocycles. The predicted octanol–water partition coefficient (Wildman–Crippen LogP) is 4.71. The van der Waals surface area contributed by atoms with Gasteiger partial charge in [0.15, 0.2) is 0 Å². The molecule has 0 saturated heterocycles. The summed E-state index contributed by atoms with van der Waals surface area (Å²) in [7, 11) is 0. The van der Waals surface area contributed by atoms with Gasteiger partial charge in [-0.2, -0.15) is 5.26 Å². The van der Waals surface area contributed by atoms with Gasteiger partial charge in [-0.25, -0.2) is 0 Å². The maximum absolute atomic E-state index is 9.30. The lowest BCUT2D eigenvalue weighted by Gasteiger charge is -2.20. The maximum Gasteiger partial charge on any atom is 0.204 e. The van der Waals surface area contributed by atoms with Crippen molar-refractivity contribution in [3.63, 3.8) is 0 Å². The average Bonchev–Trinajstić information content (AvgIpc) is 2.52. The van der Waals surface area contributed by atoms with E-state index in [1.54, 1.807) is 6.08 Å². The van der Waals surface area contributed by atoms with Crippen molar-refractivity contribution in [1.29, 1.82) is 5.26 Å². The summed E-state index contributed by atoms with van der Waals surface area (Å²) in [6.07, 6.45) is 2.45. The Labute approximate surface area is 142 Å². The highest BCUT2D eigenvalue weighted by molar-refractivity contribution is 7.80. The van der Waals surface area contributed by atoms with Gasteiger partial charge in [0.25, 0.3) is 0 Å². The molecule has 0 aliphatic carbocycles. The largest absolute Gasteiger partial charge is 0.478 e. The van der Waals surface area contributed by atoms with Crippen LogP contribution in [0.1, 0.15) is 31.9 Å². The van der Waals surface area contributed by atoms with Crippen molar-refractivity contribution in [1.82, 2.24) is 5.32 Å². The Hall–Kier alpha value is -1.83. The van der Waals surface area contributed by atoms with E-state index in [1.165, 1.54) is 0 Å². The van der Waals surface area contributed by atoms with Crippen molar-refractivity contribution >= 4 is 28.9 Å². The number of hydrogen-bond donors (Lipinski definition) is 1. The molecule has 1 unspecified atom stereocenters. The zero-order valence-corrected chi connectivity index (χ0v) is 14.3. The predicted molar refractivity (Wildman–Crippen MR) is 94.7 cm³/mol. The number of allylic oxidation sites excluding steroid dienone is 1. The zero-order chi connectivity index (χ0) is 16.5. The highest BCUT2D eigenvalue weighted by Gasteiger charge is 2.14. The lowest BCUT2D eigenvalue weighted by atomic mass is 10.0. The molecule has 0 saturated carbocycles. The quantitative estimate of drug-likeness (QED) is 0.339. The van der Waals surface area contributed by atoms with Gasteiger partial charge in [0.05, 0.1) is 6.04 Å². The Kier molecular flexibility index (Phi) is 7.65. The second-order valence-corrected chi connectivity index (χ2v) is 5.46. The van der Waals surface area contributed by atoms with E-state index in [2.05, 4.69) is 24.9 Å². The van der Waals surface area contributed by atoms with Crippen LogP contribution in [-0.2, 0) is 4.74 Å². The minimum absolute atomic E-state index is 0.0721. The summed E-state index contributed by atoms with van der Waals surface area (Å²) in [5.41, 5.74) is 2.13. The summed E-state index contributed by atoms with van der Waals surface area (Å²) >= 11 is 11.0. The molecule has 0 radical (unpaired) electrons. The Morgan fingerprint density at radius 2 is 2.14 bits per heavy atom. The molecule has 5 heteroatoms. The zero-order valence-electron chi connectivity index (χ0n) is 12.7. The standard InChI is InChI=1S/C17H19ClN2OS/c1-4-10-21-17(22)15(11-19)12(3)20-16(5-2)13-6-8-14(18)9-7-13/h4,6-9,16,20H,1,5,10H2,2-3H3. The third kappa shape index (κ3) is 5.18. The van der Waals surface area contributed by atoms with E-state index in [1.807, 2.05) is 31.2 Å². The Morgan fingerprint density at radius 1 is 1.50 bits per heavy atom. The number of nitriles is 1. The molecule has 0 heterocycles. The summed E-state index contributed by atoms with van der Waals surface area (Å²) in [6.45, 7) is 7.73. The molecule has 0 aliphatic rings. The lowest BCUT2D eigenvalue weighted by Crippen LogP contribution is -2.22. The van der Waals surface area contributed by atoms with Crippen LogP contribution in [0.2, 0.25) is 5.02 Å². The Balaban J connectivity index is 2.94. The third-order valence-corrected chi connectivity index (χ3v) is 3.67. The number of hydrogen-bond acceptors (Lipinski definition) is 4. The van der Waals surface area contributed by atoms with E-state index in [-0.39, 0.29) is 17.7 Å². The van der Waals surface area contributed by atoms with E-state index in [0.29, 0.717) is 16.3 Å². The fraction of sp³-hybridized carbons (Fsp3) is 0.294. The van der Waals surface area contributed by atoms with Gasteiger partial charge in [0.2, 0.25) is 5.05 Å². The molecule has 1 N–H and O–H groups in total. The first kappa shape index (κ1) is 18.2. The second-order valence-electron chi connectivity index (χ2n) is 4.66.